The van der Waals surface area contributed by atoms with Gasteiger partial charge in [0.05, 0.1) is 13.2 Å². The number of fused-ring (bicyclic) bond motifs is 5. The van der Waals surface area contributed by atoms with Gasteiger partial charge < -0.3 is 29.5 Å². The van der Waals surface area contributed by atoms with Gasteiger partial charge >= 0.3 is 17.9 Å². The largest absolute Gasteiger partial charge is 0.469 e. The highest BCUT2D eigenvalue weighted by Gasteiger charge is 2.71. The lowest BCUT2D eigenvalue weighted by molar-refractivity contribution is -0.332. The molecule has 38 heavy (non-hydrogen) atoms. The molecular formula is C29H46O9. The summed E-state index contributed by atoms with van der Waals surface area (Å²) in [7, 11) is 1.38. The van der Waals surface area contributed by atoms with Crippen LogP contribution in [0.2, 0.25) is 0 Å². The number of carbonyl (C=O) groups excluding carboxylic acids is 3. The Labute approximate surface area is 225 Å². The first kappa shape index (κ1) is 29.3. The summed E-state index contributed by atoms with van der Waals surface area (Å²) >= 11 is 0. The predicted molar refractivity (Wildman–Crippen MR) is 136 cm³/mol. The SMILES string of the molecule is COC(=O)CC[C@@H](C)[C@H]1CC[C@H]2[C@H]3[C@H](C[C@H](O)[C@]12C)[C@@]1(C)CC[C@](O)(OC(C)=O)C[C@H]1C[C@]3(O)OC(C)=O. The van der Waals surface area contributed by atoms with E-state index < -0.39 is 35.0 Å². The van der Waals surface area contributed by atoms with Crippen LogP contribution < -0.4 is 0 Å². The van der Waals surface area contributed by atoms with Crippen molar-refractivity contribution in [2.75, 3.05) is 7.11 Å². The first-order valence-electron chi connectivity index (χ1n) is 14.2. The highest BCUT2D eigenvalue weighted by molar-refractivity contribution is 5.69. The molecule has 0 radical (unpaired) electrons. The van der Waals surface area contributed by atoms with E-state index in [2.05, 4.69) is 20.8 Å². The fraction of sp³-hybridized carbons (Fsp3) is 0.897. The van der Waals surface area contributed by atoms with E-state index in [1.165, 1.54) is 21.0 Å². The fourth-order valence-electron chi connectivity index (χ4n) is 9.48. The van der Waals surface area contributed by atoms with Crippen LogP contribution in [-0.2, 0) is 28.6 Å². The third-order valence-electron chi connectivity index (χ3n) is 11.3. The molecule has 9 heteroatoms. The molecule has 0 aromatic carbocycles. The zero-order valence-corrected chi connectivity index (χ0v) is 23.7. The molecule has 0 aromatic rings. The van der Waals surface area contributed by atoms with Gasteiger partial charge in [-0.2, -0.15) is 0 Å². The smallest absolute Gasteiger partial charge is 0.305 e. The molecule has 4 saturated carbocycles. The predicted octanol–water partition coefficient (Wildman–Crippen LogP) is 3.32. The van der Waals surface area contributed by atoms with Crippen molar-refractivity contribution in [3.05, 3.63) is 0 Å². The van der Waals surface area contributed by atoms with Crippen LogP contribution in [-0.4, -0.2) is 58.0 Å². The van der Waals surface area contributed by atoms with E-state index in [4.69, 9.17) is 14.2 Å². The Hall–Kier alpha value is -1.71. The Morgan fingerprint density at radius 3 is 2.24 bits per heavy atom. The second-order valence-corrected chi connectivity index (χ2v) is 13.2. The molecule has 0 spiro atoms. The normalized spacial score (nSPS) is 46.7. The van der Waals surface area contributed by atoms with Crippen LogP contribution in [0.25, 0.3) is 0 Å². The molecule has 0 heterocycles. The number of hydrogen-bond donors (Lipinski definition) is 3. The van der Waals surface area contributed by atoms with Gasteiger partial charge in [0.1, 0.15) is 0 Å². The first-order chi connectivity index (χ1) is 17.6. The van der Waals surface area contributed by atoms with Crippen molar-refractivity contribution in [1.82, 2.24) is 0 Å². The Morgan fingerprint density at radius 1 is 0.974 bits per heavy atom. The van der Waals surface area contributed by atoms with Gasteiger partial charge in [0.15, 0.2) is 0 Å². The fourth-order valence-corrected chi connectivity index (χ4v) is 9.48. The molecule has 4 aliphatic carbocycles. The molecule has 11 atom stereocenters. The summed E-state index contributed by atoms with van der Waals surface area (Å²) in [5.41, 5.74) is -0.860. The molecule has 0 amide bonds. The van der Waals surface area contributed by atoms with Crippen LogP contribution in [0, 0.1) is 46.3 Å². The molecule has 4 rings (SSSR count). The van der Waals surface area contributed by atoms with Crippen molar-refractivity contribution in [3.63, 3.8) is 0 Å². The van der Waals surface area contributed by atoms with Gasteiger partial charge in [0.25, 0.3) is 0 Å². The first-order valence-corrected chi connectivity index (χ1v) is 14.2. The van der Waals surface area contributed by atoms with Crippen LogP contribution in [0.3, 0.4) is 0 Å². The molecule has 4 fully saturated rings. The van der Waals surface area contributed by atoms with E-state index in [0.29, 0.717) is 25.7 Å². The molecule has 9 nitrogen and oxygen atoms in total. The summed E-state index contributed by atoms with van der Waals surface area (Å²) in [6, 6.07) is 0. The summed E-state index contributed by atoms with van der Waals surface area (Å²) in [5.74, 6) is -5.36. The van der Waals surface area contributed by atoms with Gasteiger partial charge in [-0.25, -0.2) is 0 Å². The van der Waals surface area contributed by atoms with Gasteiger partial charge in [-0.05, 0) is 72.5 Å². The van der Waals surface area contributed by atoms with Gasteiger partial charge in [-0.3, -0.25) is 14.4 Å². The summed E-state index contributed by atoms with van der Waals surface area (Å²) in [6.45, 7) is 8.93. The summed E-state index contributed by atoms with van der Waals surface area (Å²) in [4.78, 5) is 35.8. The van der Waals surface area contributed by atoms with Gasteiger partial charge in [0.2, 0.25) is 11.6 Å². The van der Waals surface area contributed by atoms with E-state index in [-0.39, 0.29) is 66.2 Å². The van der Waals surface area contributed by atoms with Crippen molar-refractivity contribution < 1.29 is 43.9 Å². The van der Waals surface area contributed by atoms with Crippen molar-refractivity contribution in [2.24, 2.45) is 46.3 Å². The number of aliphatic hydroxyl groups is 3. The molecule has 4 aliphatic rings. The number of esters is 3. The van der Waals surface area contributed by atoms with Crippen molar-refractivity contribution in [3.8, 4) is 0 Å². The van der Waals surface area contributed by atoms with E-state index in [1.807, 2.05) is 0 Å². The number of hydrogen-bond acceptors (Lipinski definition) is 9. The zero-order valence-electron chi connectivity index (χ0n) is 23.7. The number of carbonyl (C=O) groups is 3. The minimum atomic E-state index is -1.76. The summed E-state index contributed by atoms with van der Waals surface area (Å²) < 4.78 is 15.9. The van der Waals surface area contributed by atoms with Crippen LogP contribution in [0.1, 0.15) is 92.4 Å². The van der Waals surface area contributed by atoms with E-state index in [1.54, 1.807) is 0 Å². The third-order valence-corrected chi connectivity index (χ3v) is 11.3. The maximum Gasteiger partial charge on any atom is 0.305 e. The molecule has 0 aliphatic heterocycles. The number of methoxy groups -OCH3 is 1. The minimum absolute atomic E-state index is 0.0850. The van der Waals surface area contributed by atoms with Gasteiger partial charge in [-0.1, -0.05) is 20.8 Å². The monoisotopic (exact) mass is 538 g/mol. The summed E-state index contributed by atoms with van der Waals surface area (Å²) in [6.07, 6.45) is 3.54. The minimum Gasteiger partial charge on any atom is -0.469 e. The molecule has 0 aromatic heterocycles. The zero-order chi connectivity index (χ0) is 28.3. The number of rotatable bonds is 6. The quantitative estimate of drug-likeness (QED) is 0.264. The average Bonchev–Trinajstić information content (AvgIpc) is 3.16. The molecule has 3 N–H and O–H groups in total. The molecular weight excluding hydrogens is 492 g/mol. The van der Waals surface area contributed by atoms with Crippen molar-refractivity contribution >= 4 is 17.9 Å². The lowest BCUT2D eigenvalue weighted by atomic mass is 9.42. The maximum atomic E-state index is 12.3. The van der Waals surface area contributed by atoms with Crippen LogP contribution in [0.5, 0.6) is 0 Å². The maximum absolute atomic E-state index is 12.3. The van der Waals surface area contributed by atoms with Gasteiger partial charge in [0, 0.05) is 45.4 Å². The van der Waals surface area contributed by atoms with E-state index in [0.717, 1.165) is 12.8 Å². The number of aliphatic hydroxyl groups excluding tert-OH is 1. The van der Waals surface area contributed by atoms with E-state index in [9.17, 15) is 29.7 Å². The van der Waals surface area contributed by atoms with Crippen molar-refractivity contribution in [1.29, 1.82) is 0 Å². The summed E-state index contributed by atoms with van der Waals surface area (Å²) in [5, 5.41) is 35.0. The van der Waals surface area contributed by atoms with Crippen LogP contribution in [0.4, 0.5) is 0 Å². The van der Waals surface area contributed by atoms with Gasteiger partial charge in [-0.15, -0.1) is 0 Å². The Balaban J connectivity index is 1.69. The van der Waals surface area contributed by atoms with E-state index >= 15 is 0 Å². The topological polar surface area (TPSA) is 140 Å². The highest BCUT2D eigenvalue weighted by atomic mass is 16.7. The standard InChI is InChI=1S/C29H46O9/c1-16(7-10-24(33)36-6)20-8-9-21-25-22(13-23(32)27(20,21)5)26(4)11-12-28(34,37-17(2)30)14-19(26)15-29(25,35)38-18(3)31/h16,19-23,25,32,34-35H,7-15H2,1-6H3/t16-,19+,20-,21+,22+,23+,25+,26+,27-,28+,29+/m1/s1. The van der Waals surface area contributed by atoms with Crippen LogP contribution in [0.15, 0.2) is 0 Å². The van der Waals surface area contributed by atoms with Crippen molar-refractivity contribution in [2.45, 2.75) is 110 Å². The second kappa shape index (κ2) is 10.0. The Morgan fingerprint density at radius 2 is 1.63 bits per heavy atom. The highest BCUT2D eigenvalue weighted by Crippen LogP contribution is 2.71. The molecule has 0 saturated heterocycles. The molecule has 0 bridgehead atoms. The second-order valence-electron chi connectivity index (χ2n) is 13.2. The lowest BCUT2D eigenvalue weighted by Crippen LogP contribution is -2.68. The third kappa shape index (κ3) is 4.77. The molecule has 0 unspecified atom stereocenters. The Bertz CT molecular complexity index is 952. The number of ether oxygens (including phenoxy) is 3. The van der Waals surface area contributed by atoms with Crippen LogP contribution >= 0.6 is 0 Å². The Kier molecular flexibility index (Phi) is 7.73. The average molecular weight is 539 g/mol. The molecule has 216 valence electrons. The lowest BCUT2D eigenvalue weighted by Gasteiger charge is -2.66.